The predicted octanol–water partition coefficient (Wildman–Crippen LogP) is 3.31. The first-order valence-electron chi connectivity index (χ1n) is 7.68. The zero-order valence-corrected chi connectivity index (χ0v) is 12.2. The Bertz CT molecular complexity index is 571. The van der Waals surface area contributed by atoms with Gasteiger partial charge in [-0.25, -0.2) is 0 Å². The summed E-state index contributed by atoms with van der Waals surface area (Å²) in [5.74, 6) is 0.815. The largest absolute Gasteiger partial charge is 0.360 e. The van der Waals surface area contributed by atoms with E-state index in [1.54, 1.807) is 0 Å². The molecule has 3 heteroatoms. The third kappa shape index (κ3) is 3.05. The SMILES string of the molecule is CCC(N)Cc1cccc2c1ccn2COCC1CC1. The van der Waals surface area contributed by atoms with Gasteiger partial charge in [0.05, 0.1) is 12.1 Å². The predicted molar refractivity (Wildman–Crippen MR) is 82.6 cm³/mol. The van der Waals surface area contributed by atoms with E-state index < -0.39 is 0 Å². The molecule has 1 aromatic heterocycles. The molecule has 1 fully saturated rings. The minimum atomic E-state index is 0.245. The Morgan fingerprint density at radius 3 is 2.95 bits per heavy atom. The van der Waals surface area contributed by atoms with Gasteiger partial charge >= 0.3 is 0 Å². The van der Waals surface area contributed by atoms with Gasteiger partial charge < -0.3 is 15.0 Å². The van der Waals surface area contributed by atoms with Crippen molar-refractivity contribution >= 4 is 10.9 Å². The van der Waals surface area contributed by atoms with Gasteiger partial charge in [-0.15, -0.1) is 0 Å². The van der Waals surface area contributed by atoms with E-state index in [2.05, 4.69) is 42.0 Å². The lowest BCUT2D eigenvalue weighted by molar-refractivity contribution is 0.0718. The van der Waals surface area contributed by atoms with Crippen molar-refractivity contribution in [3.05, 3.63) is 36.0 Å². The molecule has 1 aliphatic rings. The molecule has 0 amide bonds. The van der Waals surface area contributed by atoms with Crippen molar-refractivity contribution in [2.75, 3.05) is 6.61 Å². The second-order valence-electron chi connectivity index (χ2n) is 5.95. The molecule has 0 radical (unpaired) electrons. The van der Waals surface area contributed by atoms with Crippen LogP contribution < -0.4 is 5.73 Å². The summed E-state index contributed by atoms with van der Waals surface area (Å²) in [4.78, 5) is 0. The lowest BCUT2D eigenvalue weighted by Gasteiger charge is -2.11. The van der Waals surface area contributed by atoms with Crippen LogP contribution in [0.2, 0.25) is 0 Å². The maximum Gasteiger partial charge on any atom is 0.122 e. The second kappa shape index (κ2) is 5.98. The maximum atomic E-state index is 6.09. The van der Waals surface area contributed by atoms with E-state index in [-0.39, 0.29) is 6.04 Å². The molecule has 108 valence electrons. The van der Waals surface area contributed by atoms with Gasteiger partial charge in [0.15, 0.2) is 0 Å². The van der Waals surface area contributed by atoms with Crippen LogP contribution in [0.4, 0.5) is 0 Å². The highest BCUT2D eigenvalue weighted by atomic mass is 16.5. The van der Waals surface area contributed by atoms with Crippen molar-refractivity contribution < 1.29 is 4.74 Å². The number of ether oxygens (including phenoxy) is 1. The van der Waals surface area contributed by atoms with Crippen LogP contribution in [0.3, 0.4) is 0 Å². The number of nitrogens with zero attached hydrogens (tertiary/aromatic N) is 1. The second-order valence-corrected chi connectivity index (χ2v) is 5.95. The number of nitrogens with two attached hydrogens (primary N) is 1. The lowest BCUT2D eigenvalue weighted by atomic mass is 10.0. The van der Waals surface area contributed by atoms with Gasteiger partial charge in [0.2, 0.25) is 0 Å². The summed E-state index contributed by atoms with van der Waals surface area (Å²) in [5, 5.41) is 1.31. The van der Waals surface area contributed by atoms with Gasteiger partial charge in [0, 0.05) is 17.6 Å². The topological polar surface area (TPSA) is 40.2 Å². The highest BCUT2D eigenvalue weighted by Gasteiger charge is 2.21. The summed E-state index contributed by atoms with van der Waals surface area (Å²) in [6.45, 7) is 3.70. The van der Waals surface area contributed by atoms with Gasteiger partial charge in [-0.05, 0) is 49.3 Å². The van der Waals surface area contributed by atoms with E-state index in [1.165, 1.54) is 29.3 Å². The van der Waals surface area contributed by atoms with Crippen LogP contribution >= 0.6 is 0 Å². The quantitative estimate of drug-likeness (QED) is 0.840. The molecular weight excluding hydrogens is 248 g/mol. The van der Waals surface area contributed by atoms with Crippen LogP contribution in [0.5, 0.6) is 0 Å². The molecule has 1 unspecified atom stereocenters. The Morgan fingerprint density at radius 1 is 1.35 bits per heavy atom. The average Bonchev–Trinajstić information content (AvgIpc) is 3.19. The molecule has 2 N–H and O–H groups in total. The Morgan fingerprint density at radius 2 is 2.20 bits per heavy atom. The molecule has 3 rings (SSSR count). The van der Waals surface area contributed by atoms with Crippen molar-refractivity contribution in [1.82, 2.24) is 4.57 Å². The molecule has 0 saturated heterocycles. The molecule has 0 spiro atoms. The number of rotatable bonds is 7. The number of hydrogen-bond acceptors (Lipinski definition) is 2. The van der Waals surface area contributed by atoms with Crippen LogP contribution in [0, 0.1) is 5.92 Å². The van der Waals surface area contributed by atoms with E-state index in [4.69, 9.17) is 10.5 Å². The van der Waals surface area contributed by atoms with Crippen LogP contribution in [0.1, 0.15) is 31.7 Å². The average molecular weight is 272 g/mol. The molecule has 0 bridgehead atoms. The Labute approximate surface area is 120 Å². The molecule has 3 nitrogen and oxygen atoms in total. The first-order chi connectivity index (χ1) is 9.78. The van der Waals surface area contributed by atoms with Crippen LogP contribution in [0.25, 0.3) is 10.9 Å². The zero-order chi connectivity index (χ0) is 13.9. The Hall–Kier alpha value is -1.32. The highest BCUT2D eigenvalue weighted by molar-refractivity contribution is 5.83. The standard InChI is InChI=1S/C17H24N2O/c1-2-15(18)10-14-4-3-5-17-16(14)8-9-19(17)12-20-11-13-6-7-13/h3-5,8-9,13,15H,2,6-7,10-12,18H2,1H3. The molecule has 2 aromatic rings. The minimum absolute atomic E-state index is 0.245. The van der Waals surface area contributed by atoms with Crippen LogP contribution in [-0.4, -0.2) is 17.2 Å². The molecule has 1 aromatic carbocycles. The summed E-state index contributed by atoms with van der Waals surface area (Å²) in [7, 11) is 0. The third-order valence-electron chi connectivity index (χ3n) is 4.19. The van der Waals surface area contributed by atoms with Crippen LogP contribution in [0.15, 0.2) is 30.5 Å². The van der Waals surface area contributed by atoms with Gasteiger partial charge in [0.25, 0.3) is 0 Å². The highest BCUT2D eigenvalue weighted by Crippen LogP contribution is 2.29. The lowest BCUT2D eigenvalue weighted by Crippen LogP contribution is -2.21. The van der Waals surface area contributed by atoms with Crippen LogP contribution in [-0.2, 0) is 17.9 Å². The number of fused-ring (bicyclic) bond motifs is 1. The first-order valence-corrected chi connectivity index (χ1v) is 7.68. The molecule has 20 heavy (non-hydrogen) atoms. The van der Waals surface area contributed by atoms with Crippen molar-refractivity contribution in [2.24, 2.45) is 11.7 Å². The molecule has 1 saturated carbocycles. The van der Waals surface area contributed by atoms with Gasteiger partial charge in [-0.3, -0.25) is 0 Å². The molecule has 1 heterocycles. The summed E-state index contributed by atoms with van der Waals surface area (Å²) < 4.78 is 7.98. The fourth-order valence-electron chi connectivity index (χ4n) is 2.61. The van der Waals surface area contributed by atoms with E-state index >= 15 is 0 Å². The van der Waals surface area contributed by atoms with E-state index in [0.29, 0.717) is 6.73 Å². The maximum absolute atomic E-state index is 6.09. The van der Waals surface area contributed by atoms with Gasteiger partial charge in [-0.1, -0.05) is 19.1 Å². The summed E-state index contributed by atoms with van der Waals surface area (Å²) in [6, 6.07) is 8.91. The van der Waals surface area contributed by atoms with Crippen molar-refractivity contribution in [3.63, 3.8) is 0 Å². The molecular formula is C17H24N2O. The summed E-state index contributed by atoms with van der Waals surface area (Å²) in [5.41, 5.74) is 8.69. The number of benzene rings is 1. The normalized spacial score (nSPS) is 16.7. The fraction of sp³-hybridized carbons (Fsp3) is 0.529. The van der Waals surface area contributed by atoms with Crippen molar-refractivity contribution in [1.29, 1.82) is 0 Å². The summed E-state index contributed by atoms with van der Waals surface area (Å²) in [6.07, 6.45) is 6.76. The van der Waals surface area contributed by atoms with Gasteiger partial charge in [-0.2, -0.15) is 0 Å². The minimum Gasteiger partial charge on any atom is -0.360 e. The first kappa shape index (κ1) is 13.7. The molecule has 0 aliphatic heterocycles. The third-order valence-corrected chi connectivity index (χ3v) is 4.19. The van der Waals surface area contributed by atoms with E-state index in [9.17, 15) is 0 Å². The Balaban J connectivity index is 1.75. The zero-order valence-electron chi connectivity index (χ0n) is 12.2. The van der Waals surface area contributed by atoms with E-state index in [1.807, 2.05) is 0 Å². The molecule has 1 atom stereocenters. The fourth-order valence-corrected chi connectivity index (χ4v) is 2.61. The smallest absolute Gasteiger partial charge is 0.122 e. The van der Waals surface area contributed by atoms with E-state index in [0.717, 1.165) is 25.4 Å². The molecule has 1 aliphatic carbocycles. The van der Waals surface area contributed by atoms with Crippen molar-refractivity contribution in [3.8, 4) is 0 Å². The number of hydrogen-bond donors (Lipinski definition) is 1. The monoisotopic (exact) mass is 272 g/mol. The van der Waals surface area contributed by atoms with Gasteiger partial charge in [0.1, 0.15) is 6.73 Å². The summed E-state index contributed by atoms with van der Waals surface area (Å²) >= 11 is 0. The Kier molecular flexibility index (Phi) is 4.08. The number of aromatic nitrogens is 1. The van der Waals surface area contributed by atoms with Crippen molar-refractivity contribution in [2.45, 2.75) is 45.4 Å².